The summed E-state index contributed by atoms with van der Waals surface area (Å²) >= 11 is 0. The predicted molar refractivity (Wildman–Crippen MR) is 109 cm³/mol. The van der Waals surface area contributed by atoms with Crippen molar-refractivity contribution in [2.24, 2.45) is 0 Å². The molecule has 0 saturated carbocycles. The minimum atomic E-state index is -0.0548. The monoisotopic (exact) mass is 363 g/mol. The summed E-state index contributed by atoms with van der Waals surface area (Å²) in [7, 11) is 0. The summed E-state index contributed by atoms with van der Waals surface area (Å²) in [5.41, 5.74) is 3.88. The van der Waals surface area contributed by atoms with Gasteiger partial charge in [-0.3, -0.25) is 14.6 Å². The molecule has 3 nitrogen and oxygen atoms in total. The Hall–Kier alpha value is -3.85. The van der Waals surface area contributed by atoms with Crippen molar-refractivity contribution in [2.45, 2.75) is 0 Å². The first-order valence-corrected chi connectivity index (χ1v) is 8.98. The van der Waals surface area contributed by atoms with Crippen LogP contribution in [-0.4, -0.2) is 16.6 Å². The lowest BCUT2D eigenvalue weighted by Crippen LogP contribution is -2.03. The zero-order valence-corrected chi connectivity index (χ0v) is 15.1. The molecule has 3 heteroatoms. The number of rotatable bonds is 5. The SMILES string of the molecule is O=C(c1ccccc1)c1cccc(-c2cc(C(=O)c3ccccc3)ccn2)c1. The second-order valence-corrected chi connectivity index (χ2v) is 6.40. The van der Waals surface area contributed by atoms with Crippen LogP contribution >= 0.6 is 0 Å². The molecule has 0 saturated heterocycles. The minimum Gasteiger partial charge on any atom is -0.289 e. The normalized spacial score (nSPS) is 10.4. The number of ketones is 2. The molecule has 0 spiro atoms. The molecule has 1 heterocycles. The zero-order chi connectivity index (χ0) is 19.3. The van der Waals surface area contributed by atoms with E-state index >= 15 is 0 Å². The number of pyridine rings is 1. The first-order valence-electron chi connectivity index (χ1n) is 8.98. The van der Waals surface area contributed by atoms with E-state index in [1.54, 1.807) is 48.7 Å². The molecular weight excluding hydrogens is 346 g/mol. The molecule has 0 aliphatic heterocycles. The average molecular weight is 363 g/mol. The molecule has 134 valence electrons. The Morgan fingerprint density at radius 3 is 1.68 bits per heavy atom. The topological polar surface area (TPSA) is 47.0 Å². The molecule has 0 bridgehead atoms. The fraction of sp³-hybridized carbons (Fsp3) is 0. The van der Waals surface area contributed by atoms with Crippen LogP contribution in [0.2, 0.25) is 0 Å². The summed E-state index contributed by atoms with van der Waals surface area (Å²) in [6, 6.07) is 29.1. The van der Waals surface area contributed by atoms with Crippen molar-refractivity contribution in [3.05, 3.63) is 126 Å². The van der Waals surface area contributed by atoms with Crippen LogP contribution in [0, 0.1) is 0 Å². The summed E-state index contributed by atoms with van der Waals surface area (Å²) in [5, 5.41) is 0. The van der Waals surface area contributed by atoms with Crippen LogP contribution in [0.4, 0.5) is 0 Å². The van der Waals surface area contributed by atoms with Gasteiger partial charge < -0.3 is 0 Å². The molecule has 0 atom stereocenters. The fourth-order valence-electron chi connectivity index (χ4n) is 3.06. The third-order valence-corrected chi connectivity index (χ3v) is 4.51. The van der Waals surface area contributed by atoms with Gasteiger partial charge >= 0.3 is 0 Å². The molecule has 0 unspecified atom stereocenters. The number of hydrogen-bond acceptors (Lipinski definition) is 3. The molecule has 0 aliphatic carbocycles. The maximum atomic E-state index is 12.7. The molecule has 0 radical (unpaired) electrons. The van der Waals surface area contributed by atoms with E-state index in [0.717, 1.165) is 5.56 Å². The fourth-order valence-corrected chi connectivity index (χ4v) is 3.06. The third kappa shape index (κ3) is 3.64. The third-order valence-electron chi connectivity index (χ3n) is 4.51. The number of carbonyl (C=O) groups is 2. The van der Waals surface area contributed by atoms with Crippen molar-refractivity contribution in [3.8, 4) is 11.3 Å². The van der Waals surface area contributed by atoms with Gasteiger partial charge in [0.1, 0.15) is 0 Å². The first kappa shape index (κ1) is 17.6. The lowest BCUT2D eigenvalue weighted by Gasteiger charge is -2.07. The Kier molecular flexibility index (Phi) is 4.89. The van der Waals surface area contributed by atoms with Gasteiger partial charge in [-0.15, -0.1) is 0 Å². The number of carbonyl (C=O) groups excluding carboxylic acids is 2. The smallest absolute Gasteiger partial charge is 0.193 e. The van der Waals surface area contributed by atoms with E-state index in [2.05, 4.69) is 4.98 Å². The Bertz CT molecular complexity index is 1040. The minimum absolute atomic E-state index is 0.0426. The zero-order valence-electron chi connectivity index (χ0n) is 15.1. The molecule has 28 heavy (non-hydrogen) atoms. The average Bonchev–Trinajstić information content (AvgIpc) is 2.79. The maximum absolute atomic E-state index is 12.7. The summed E-state index contributed by atoms with van der Waals surface area (Å²) in [4.78, 5) is 29.8. The van der Waals surface area contributed by atoms with Crippen LogP contribution in [0.5, 0.6) is 0 Å². The maximum Gasteiger partial charge on any atom is 0.193 e. The van der Waals surface area contributed by atoms with Crippen molar-refractivity contribution in [1.29, 1.82) is 0 Å². The van der Waals surface area contributed by atoms with Gasteiger partial charge in [-0.25, -0.2) is 0 Å². The van der Waals surface area contributed by atoms with Crippen molar-refractivity contribution in [2.75, 3.05) is 0 Å². The highest BCUT2D eigenvalue weighted by atomic mass is 16.1. The summed E-state index contributed by atoms with van der Waals surface area (Å²) in [6.45, 7) is 0. The molecule has 0 amide bonds. The van der Waals surface area contributed by atoms with Crippen LogP contribution < -0.4 is 0 Å². The Morgan fingerprint density at radius 1 is 0.536 bits per heavy atom. The van der Waals surface area contributed by atoms with Crippen LogP contribution in [0.25, 0.3) is 11.3 Å². The second kappa shape index (κ2) is 7.80. The summed E-state index contributed by atoms with van der Waals surface area (Å²) in [6.07, 6.45) is 1.62. The van der Waals surface area contributed by atoms with Crippen molar-refractivity contribution >= 4 is 11.6 Å². The number of hydrogen-bond donors (Lipinski definition) is 0. The van der Waals surface area contributed by atoms with Gasteiger partial charge in [-0.1, -0.05) is 78.9 Å². The molecule has 0 N–H and O–H groups in total. The van der Waals surface area contributed by atoms with Gasteiger partial charge in [0.2, 0.25) is 0 Å². The molecule has 3 aromatic carbocycles. The molecule has 4 aromatic rings. The van der Waals surface area contributed by atoms with E-state index in [9.17, 15) is 9.59 Å². The summed E-state index contributed by atoms with van der Waals surface area (Å²) in [5.74, 6) is -0.0975. The van der Waals surface area contributed by atoms with Crippen LogP contribution in [0.1, 0.15) is 31.8 Å². The summed E-state index contributed by atoms with van der Waals surface area (Å²) < 4.78 is 0. The van der Waals surface area contributed by atoms with Gasteiger partial charge in [-0.05, 0) is 18.2 Å². The molecular formula is C25H17NO2. The van der Waals surface area contributed by atoms with Crippen LogP contribution in [-0.2, 0) is 0 Å². The van der Waals surface area contributed by atoms with Crippen molar-refractivity contribution in [1.82, 2.24) is 4.98 Å². The highest BCUT2D eigenvalue weighted by Gasteiger charge is 2.13. The highest BCUT2D eigenvalue weighted by molar-refractivity contribution is 6.10. The van der Waals surface area contributed by atoms with Crippen molar-refractivity contribution < 1.29 is 9.59 Å². The lowest BCUT2D eigenvalue weighted by atomic mass is 9.98. The first-order chi connectivity index (χ1) is 13.7. The van der Waals surface area contributed by atoms with E-state index in [0.29, 0.717) is 27.9 Å². The van der Waals surface area contributed by atoms with Crippen LogP contribution in [0.3, 0.4) is 0 Å². The van der Waals surface area contributed by atoms with E-state index < -0.39 is 0 Å². The predicted octanol–water partition coefficient (Wildman–Crippen LogP) is 5.21. The highest BCUT2D eigenvalue weighted by Crippen LogP contribution is 2.22. The van der Waals surface area contributed by atoms with E-state index in [4.69, 9.17) is 0 Å². The van der Waals surface area contributed by atoms with E-state index in [1.807, 2.05) is 54.6 Å². The number of aromatic nitrogens is 1. The Labute approximate surface area is 163 Å². The largest absolute Gasteiger partial charge is 0.289 e. The Morgan fingerprint density at radius 2 is 1.07 bits per heavy atom. The van der Waals surface area contributed by atoms with E-state index in [-0.39, 0.29) is 11.6 Å². The van der Waals surface area contributed by atoms with Crippen molar-refractivity contribution in [3.63, 3.8) is 0 Å². The standard InChI is InChI=1S/C25H17NO2/c27-24(18-8-3-1-4-9-18)21-13-7-12-20(16-21)23-17-22(14-15-26-23)25(28)19-10-5-2-6-11-19/h1-17H. The quantitative estimate of drug-likeness (QED) is 0.457. The lowest BCUT2D eigenvalue weighted by molar-refractivity contribution is 0.103. The number of benzene rings is 3. The molecule has 1 aromatic heterocycles. The molecule has 4 rings (SSSR count). The molecule has 0 fully saturated rings. The van der Waals surface area contributed by atoms with E-state index in [1.165, 1.54) is 0 Å². The van der Waals surface area contributed by atoms with Gasteiger partial charge in [0, 0.05) is 34.0 Å². The van der Waals surface area contributed by atoms with Gasteiger partial charge in [-0.2, -0.15) is 0 Å². The number of nitrogens with zero attached hydrogens (tertiary/aromatic N) is 1. The van der Waals surface area contributed by atoms with Gasteiger partial charge in [0.05, 0.1) is 5.69 Å². The van der Waals surface area contributed by atoms with Gasteiger partial charge in [0.15, 0.2) is 11.6 Å². The second-order valence-electron chi connectivity index (χ2n) is 6.40. The van der Waals surface area contributed by atoms with Gasteiger partial charge in [0.25, 0.3) is 0 Å². The van der Waals surface area contributed by atoms with Crippen LogP contribution in [0.15, 0.2) is 103 Å². The Balaban J connectivity index is 1.67. The molecule has 0 aliphatic rings.